The van der Waals surface area contributed by atoms with Gasteiger partial charge in [0.15, 0.2) is 0 Å². The van der Waals surface area contributed by atoms with Crippen molar-refractivity contribution in [1.29, 1.82) is 0 Å². The van der Waals surface area contributed by atoms with E-state index in [1.54, 1.807) is 13.0 Å². The van der Waals surface area contributed by atoms with Crippen molar-refractivity contribution in [3.63, 3.8) is 0 Å². The molecular formula is C7H11FO2. The summed E-state index contributed by atoms with van der Waals surface area (Å²) in [5.74, 6) is -1.94. The van der Waals surface area contributed by atoms with Gasteiger partial charge in [-0.15, -0.1) is 0 Å². The van der Waals surface area contributed by atoms with E-state index in [9.17, 15) is 9.18 Å². The fraction of sp³-hybridized carbons (Fsp3) is 0.571. The minimum absolute atomic E-state index is 0.539. The summed E-state index contributed by atoms with van der Waals surface area (Å²) in [7, 11) is 0. The standard InChI is InChI=1S/C7H11FO2/c1-3-4-5(2)6(8)7(9)10/h3-6H,1-2H3,(H,9,10)/b4-3+/t5-,6-/m1/s1. The van der Waals surface area contributed by atoms with Crippen molar-refractivity contribution in [3.05, 3.63) is 12.2 Å². The fourth-order valence-electron chi connectivity index (χ4n) is 0.626. The Hall–Kier alpha value is -0.860. The first-order valence-corrected chi connectivity index (χ1v) is 3.09. The van der Waals surface area contributed by atoms with Crippen LogP contribution in [-0.4, -0.2) is 17.2 Å². The molecule has 0 fully saturated rings. The van der Waals surface area contributed by atoms with E-state index in [-0.39, 0.29) is 0 Å². The number of alkyl halides is 1. The van der Waals surface area contributed by atoms with Crippen molar-refractivity contribution >= 4 is 5.97 Å². The summed E-state index contributed by atoms with van der Waals surface area (Å²) in [6.07, 6.45) is 1.38. The lowest BCUT2D eigenvalue weighted by Gasteiger charge is -2.06. The van der Waals surface area contributed by atoms with Gasteiger partial charge in [0.2, 0.25) is 6.17 Å². The van der Waals surface area contributed by atoms with E-state index >= 15 is 0 Å². The fourth-order valence-corrected chi connectivity index (χ4v) is 0.626. The van der Waals surface area contributed by atoms with Gasteiger partial charge in [0, 0.05) is 5.92 Å². The Morgan fingerprint density at radius 3 is 2.50 bits per heavy atom. The van der Waals surface area contributed by atoms with Crippen LogP contribution in [0.4, 0.5) is 4.39 Å². The van der Waals surface area contributed by atoms with Gasteiger partial charge in [-0.05, 0) is 6.92 Å². The number of carboxylic acid groups (broad SMARTS) is 1. The third-order valence-electron chi connectivity index (χ3n) is 1.19. The van der Waals surface area contributed by atoms with Crippen LogP contribution in [0, 0.1) is 5.92 Å². The van der Waals surface area contributed by atoms with Crippen LogP contribution in [0.3, 0.4) is 0 Å². The lowest BCUT2D eigenvalue weighted by molar-refractivity contribution is -0.143. The summed E-state index contributed by atoms with van der Waals surface area (Å²) >= 11 is 0. The highest BCUT2D eigenvalue weighted by Gasteiger charge is 2.20. The minimum Gasteiger partial charge on any atom is -0.479 e. The third-order valence-corrected chi connectivity index (χ3v) is 1.19. The van der Waals surface area contributed by atoms with Gasteiger partial charge in [-0.3, -0.25) is 0 Å². The van der Waals surface area contributed by atoms with Crippen molar-refractivity contribution in [2.24, 2.45) is 5.92 Å². The van der Waals surface area contributed by atoms with E-state index in [1.807, 2.05) is 0 Å². The second-order valence-corrected chi connectivity index (χ2v) is 2.12. The number of carboxylic acids is 1. The second-order valence-electron chi connectivity index (χ2n) is 2.12. The molecule has 0 amide bonds. The number of rotatable bonds is 3. The molecule has 0 aliphatic carbocycles. The molecule has 0 aromatic heterocycles. The Bertz CT molecular complexity index is 143. The summed E-state index contributed by atoms with van der Waals surface area (Å²) in [4.78, 5) is 10.0. The normalized spacial score (nSPS) is 17.1. The van der Waals surface area contributed by atoms with Crippen molar-refractivity contribution in [2.75, 3.05) is 0 Å². The van der Waals surface area contributed by atoms with Crippen molar-refractivity contribution in [3.8, 4) is 0 Å². The zero-order chi connectivity index (χ0) is 8.15. The molecular weight excluding hydrogens is 135 g/mol. The molecule has 0 heterocycles. The molecule has 0 aromatic carbocycles. The molecule has 0 aromatic rings. The third kappa shape index (κ3) is 2.62. The van der Waals surface area contributed by atoms with Crippen LogP contribution in [0.25, 0.3) is 0 Å². The summed E-state index contributed by atoms with van der Waals surface area (Å²) < 4.78 is 12.5. The van der Waals surface area contributed by atoms with E-state index < -0.39 is 18.1 Å². The molecule has 0 unspecified atom stereocenters. The number of carbonyl (C=O) groups is 1. The Morgan fingerprint density at radius 1 is 1.70 bits per heavy atom. The minimum atomic E-state index is -1.78. The van der Waals surface area contributed by atoms with Crippen LogP contribution in [0.2, 0.25) is 0 Å². The topological polar surface area (TPSA) is 37.3 Å². The molecule has 0 bridgehead atoms. The highest BCUT2D eigenvalue weighted by atomic mass is 19.1. The second kappa shape index (κ2) is 4.04. The van der Waals surface area contributed by atoms with Gasteiger partial charge in [0.1, 0.15) is 0 Å². The smallest absolute Gasteiger partial charge is 0.338 e. The first-order chi connectivity index (χ1) is 4.59. The molecule has 0 aliphatic rings. The van der Waals surface area contributed by atoms with Crippen LogP contribution >= 0.6 is 0 Å². The van der Waals surface area contributed by atoms with Crippen molar-refractivity contribution in [1.82, 2.24) is 0 Å². The quantitative estimate of drug-likeness (QED) is 0.614. The maximum atomic E-state index is 12.5. The Labute approximate surface area is 59.4 Å². The molecule has 0 rings (SSSR count). The van der Waals surface area contributed by atoms with Gasteiger partial charge in [0.25, 0.3) is 0 Å². The Balaban J connectivity index is 3.93. The van der Waals surface area contributed by atoms with Crippen molar-refractivity contribution < 1.29 is 14.3 Å². The molecule has 3 heteroatoms. The highest BCUT2D eigenvalue weighted by Crippen LogP contribution is 2.08. The first-order valence-electron chi connectivity index (χ1n) is 3.09. The van der Waals surface area contributed by atoms with E-state index in [0.29, 0.717) is 0 Å². The van der Waals surface area contributed by atoms with Gasteiger partial charge in [-0.1, -0.05) is 19.1 Å². The highest BCUT2D eigenvalue weighted by molar-refractivity contribution is 5.72. The molecule has 0 saturated heterocycles. The van der Waals surface area contributed by atoms with Gasteiger partial charge in [-0.2, -0.15) is 0 Å². The average molecular weight is 146 g/mol. The Morgan fingerprint density at radius 2 is 2.20 bits per heavy atom. The predicted octanol–water partition coefficient (Wildman–Crippen LogP) is 1.62. The van der Waals surface area contributed by atoms with Crippen LogP contribution in [-0.2, 0) is 4.79 Å². The molecule has 0 aliphatic heterocycles. The van der Waals surface area contributed by atoms with E-state index in [0.717, 1.165) is 0 Å². The van der Waals surface area contributed by atoms with Crippen molar-refractivity contribution in [2.45, 2.75) is 20.0 Å². The molecule has 2 nitrogen and oxygen atoms in total. The number of allylic oxidation sites excluding steroid dienone is 2. The summed E-state index contributed by atoms with van der Waals surface area (Å²) in [6, 6.07) is 0. The maximum absolute atomic E-state index is 12.5. The molecule has 0 spiro atoms. The van der Waals surface area contributed by atoms with Crippen LogP contribution in [0.1, 0.15) is 13.8 Å². The monoisotopic (exact) mass is 146 g/mol. The average Bonchev–Trinajstić information content (AvgIpc) is 1.87. The number of halogens is 1. The molecule has 0 saturated carbocycles. The zero-order valence-corrected chi connectivity index (χ0v) is 6.04. The molecule has 2 atom stereocenters. The van der Waals surface area contributed by atoms with Gasteiger partial charge in [-0.25, -0.2) is 9.18 Å². The predicted molar refractivity (Wildman–Crippen MR) is 36.5 cm³/mol. The number of hydrogen-bond acceptors (Lipinski definition) is 1. The van der Waals surface area contributed by atoms with Crippen LogP contribution in [0.15, 0.2) is 12.2 Å². The van der Waals surface area contributed by atoms with Crippen LogP contribution < -0.4 is 0 Å². The van der Waals surface area contributed by atoms with Crippen LogP contribution in [0.5, 0.6) is 0 Å². The molecule has 0 radical (unpaired) electrons. The zero-order valence-electron chi connectivity index (χ0n) is 6.04. The van der Waals surface area contributed by atoms with Gasteiger partial charge >= 0.3 is 5.97 Å². The molecule has 1 N–H and O–H groups in total. The first kappa shape index (κ1) is 9.14. The van der Waals surface area contributed by atoms with Gasteiger partial charge in [0.05, 0.1) is 0 Å². The lowest BCUT2D eigenvalue weighted by atomic mass is 10.1. The molecule has 58 valence electrons. The number of aliphatic carboxylic acids is 1. The summed E-state index contributed by atoms with van der Waals surface area (Å²) in [6.45, 7) is 3.25. The summed E-state index contributed by atoms with van der Waals surface area (Å²) in [5.41, 5.74) is 0. The van der Waals surface area contributed by atoms with Gasteiger partial charge < -0.3 is 5.11 Å². The lowest BCUT2D eigenvalue weighted by Crippen LogP contribution is -2.21. The largest absolute Gasteiger partial charge is 0.479 e. The maximum Gasteiger partial charge on any atom is 0.338 e. The van der Waals surface area contributed by atoms with E-state index in [1.165, 1.54) is 13.0 Å². The number of hydrogen-bond donors (Lipinski definition) is 1. The Kier molecular flexibility index (Phi) is 3.69. The van der Waals surface area contributed by atoms with E-state index in [2.05, 4.69) is 0 Å². The molecule has 10 heavy (non-hydrogen) atoms. The van der Waals surface area contributed by atoms with E-state index in [4.69, 9.17) is 5.11 Å². The SMILES string of the molecule is C/C=C/[C@@H](C)[C@@H](F)C(=O)O. The summed E-state index contributed by atoms with van der Waals surface area (Å²) in [5, 5.41) is 8.17.